The van der Waals surface area contributed by atoms with E-state index in [0.717, 1.165) is 33.8 Å². The molecule has 5 heteroatoms. The van der Waals surface area contributed by atoms with E-state index in [2.05, 4.69) is 28.2 Å². The monoisotopic (exact) mass is 337 g/mol. The summed E-state index contributed by atoms with van der Waals surface area (Å²) in [5.74, 6) is 2.54. The average molecular weight is 338 g/mol. The number of furan rings is 1. The van der Waals surface area contributed by atoms with Gasteiger partial charge in [0.15, 0.2) is 11.5 Å². The van der Waals surface area contributed by atoms with Crippen LogP contribution in [0.1, 0.15) is 12.7 Å². The van der Waals surface area contributed by atoms with Crippen LogP contribution in [0.5, 0.6) is 11.5 Å². The van der Waals surface area contributed by atoms with Gasteiger partial charge in [0.2, 0.25) is 0 Å². The van der Waals surface area contributed by atoms with Gasteiger partial charge in [-0.05, 0) is 35.0 Å². The van der Waals surface area contributed by atoms with E-state index < -0.39 is 0 Å². The Labute approximate surface area is 126 Å². The number of anilines is 1. The van der Waals surface area contributed by atoms with Gasteiger partial charge in [0.25, 0.3) is 0 Å². The molecule has 1 aromatic carbocycles. The van der Waals surface area contributed by atoms with Crippen molar-refractivity contribution in [3.05, 3.63) is 40.8 Å². The molecule has 4 nitrogen and oxygen atoms in total. The zero-order valence-corrected chi connectivity index (χ0v) is 12.8. The minimum absolute atomic E-state index is 0.250. The first-order valence-corrected chi connectivity index (χ1v) is 7.40. The molecule has 1 unspecified atom stereocenters. The quantitative estimate of drug-likeness (QED) is 0.919. The third kappa shape index (κ3) is 2.93. The van der Waals surface area contributed by atoms with E-state index in [1.54, 1.807) is 6.26 Å². The molecule has 1 atom stereocenters. The zero-order chi connectivity index (χ0) is 13.9. The summed E-state index contributed by atoms with van der Waals surface area (Å²) in [6.45, 7) is 3.31. The fourth-order valence-electron chi connectivity index (χ4n) is 2.22. The van der Waals surface area contributed by atoms with Crippen LogP contribution < -0.4 is 14.8 Å². The Hall–Kier alpha value is -1.62. The summed E-state index contributed by atoms with van der Waals surface area (Å²) >= 11 is 3.56. The maximum Gasteiger partial charge on any atom is 0.163 e. The number of nitrogens with one attached hydrogen (secondary N) is 1. The lowest BCUT2D eigenvalue weighted by molar-refractivity contribution is 0.171. The topological polar surface area (TPSA) is 43.6 Å². The molecule has 1 aromatic heterocycles. The number of fused-ring (bicyclic) bond motifs is 1. The summed E-state index contributed by atoms with van der Waals surface area (Å²) < 4.78 is 17.5. The highest BCUT2D eigenvalue weighted by molar-refractivity contribution is 9.10. The SMILES string of the molecule is CC(Cc1ccco1)Nc1cc2c(cc1Br)OCCO2. The van der Waals surface area contributed by atoms with E-state index >= 15 is 0 Å². The van der Waals surface area contributed by atoms with Crippen molar-refractivity contribution in [3.63, 3.8) is 0 Å². The summed E-state index contributed by atoms with van der Waals surface area (Å²) in [7, 11) is 0. The predicted molar refractivity (Wildman–Crippen MR) is 80.6 cm³/mol. The molecule has 2 aromatic rings. The van der Waals surface area contributed by atoms with E-state index in [4.69, 9.17) is 13.9 Å². The first-order chi connectivity index (χ1) is 9.72. The van der Waals surface area contributed by atoms with Crippen LogP contribution >= 0.6 is 15.9 Å². The minimum atomic E-state index is 0.250. The molecule has 1 aliphatic heterocycles. The van der Waals surface area contributed by atoms with Gasteiger partial charge < -0.3 is 19.2 Å². The van der Waals surface area contributed by atoms with Crippen molar-refractivity contribution in [1.29, 1.82) is 0 Å². The largest absolute Gasteiger partial charge is 0.486 e. The lowest BCUT2D eigenvalue weighted by Gasteiger charge is -2.22. The van der Waals surface area contributed by atoms with Gasteiger partial charge in [-0.3, -0.25) is 0 Å². The van der Waals surface area contributed by atoms with Crippen LogP contribution in [0.15, 0.2) is 39.4 Å². The highest BCUT2D eigenvalue weighted by atomic mass is 79.9. The Morgan fingerprint density at radius 2 is 2.00 bits per heavy atom. The fourth-order valence-corrected chi connectivity index (χ4v) is 2.66. The summed E-state index contributed by atoms with van der Waals surface area (Å²) in [5, 5.41) is 3.46. The maximum atomic E-state index is 5.60. The second kappa shape index (κ2) is 5.79. The summed E-state index contributed by atoms with van der Waals surface area (Å²) in [6.07, 6.45) is 2.52. The smallest absolute Gasteiger partial charge is 0.163 e. The standard InChI is InChI=1S/C15H16BrNO3/c1-10(7-11-3-2-4-18-11)17-13-9-15-14(8-12(13)16)19-5-6-20-15/h2-4,8-10,17H,5-7H2,1H3. The van der Waals surface area contributed by atoms with Gasteiger partial charge in [0, 0.05) is 29.1 Å². The van der Waals surface area contributed by atoms with Crippen LogP contribution in [0.3, 0.4) is 0 Å². The van der Waals surface area contributed by atoms with Gasteiger partial charge in [-0.2, -0.15) is 0 Å². The Morgan fingerprint density at radius 1 is 1.25 bits per heavy atom. The lowest BCUT2D eigenvalue weighted by atomic mass is 10.1. The van der Waals surface area contributed by atoms with Crippen LogP contribution in [0.4, 0.5) is 5.69 Å². The second-order valence-electron chi connectivity index (χ2n) is 4.80. The molecule has 106 valence electrons. The van der Waals surface area contributed by atoms with E-state index in [-0.39, 0.29) is 6.04 Å². The fraction of sp³-hybridized carbons (Fsp3) is 0.333. The lowest BCUT2D eigenvalue weighted by Crippen LogP contribution is -2.19. The van der Waals surface area contributed by atoms with Gasteiger partial charge in [-0.1, -0.05) is 0 Å². The van der Waals surface area contributed by atoms with E-state index in [1.807, 2.05) is 24.3 Å². The molecule has 0 saturated carbocycles. The Balaban J connectivity index is 1.73. The Kier molecular flexibility index (Phi) is 3.87. The maximum absolute atomic E-state index is 5.60. The van der Waals surface area contributed by atoms with Crippen LogP contribution in [-0.2, 0) is 6.42 Å². The summed E-state index contributed by atoms with van der Waals surface area (Å²) in [4.78, 5) is 0. The number of ether oxygens (including phenoxy) is 2. The van der Waals surface area contributed by atoms with Crippen molar-refractivity contribution < 1.29 is 13.9 Å². The Bertz CT molecular complexity index is 583. The van der Waals surface area contributed by atoms with Crippen LogP contribution in [0, 0.1) is 0 Å². The molecular formula is C15H16BrNO3. The first kappa shape index (κ1) is 13.4. The van der Waals surface area contributed by atoms with Gasteiger partial charge in [-0.15, -0.1) is 0 Å². The van der Waals surface area contributed by atoms with E-state index in [0.29, 0.717) is 13.2 Å². The van der Waals surface area contributed by atoms with Crippen molar-refractivity contribution in [3.8, 4) is 11.5 Å². The summed E-state index contributed by atoms with van der Waals surface area (Å²) in [5.41, 5.74) is 0.994. The number of hydrogen-bond donors (Lipinski definition) is 1. The zero-order valence-electron chi connectivity index (χ0n) is 11.2. The molecule has 0 bridgehead atoms. The van der Waals surface area contributed by atoms with Gasteiger partial charge in [0.05, 0.1) is 12.0 Å². The van der Waals surface area contributed by atoms with Crippen molar-refractivity contribution in [1.82, 2.24) is 0 Å². The molecule has 0 radical (unpaired) electrons. The molecule has 3 rings (SSSR count). The van der Waals surface area contributed by atoms with Gasteiger partial charge in [-0.25, -0.2) is 0 Å². The highest BCUT2D eigenvalue weighted by Crippen LogP contribution is 2.38. The van der Waals surface area contributed by atoms with Gasteiger partial charge in [0.1, 0.15) is 19.0 Å². The van der Waals surface area contributed by atoms with Crippen molar-refractivity contribution in [2.45, 2.75) is 19.4 Å². The molecule has 0 aliphatic carbocycles. The van der Waals surface area contributed by atoms with Crippen LogP contribution in [-0.4, -0.2) is 19.3 Å². The second-order valence-corrected chi connectivity index (χ2v) is 5.66. The third-order valence-corrected chi connectivity index (χ3v) is 3.78. The highest BCUT2D eigenvalue weighted by Gasteiger charge is 2.16. The molecule has 20 heavy (non-hydrogen) atoms. The van der Waals surface area contributed by atoms with Crippen molar-refractivity contribution in [2.24, 2.45) is 0 Å². The summed E-state index contributed by atoms with van der Waals surface area (Å²) in [6, 6.07) is 8.05. The minimum Gasteiger partial charge on any atom is -0.486 e. The third-order valence-electron chi connectivity index (χ3n) is 3.12. The molecule has 0 spiro atoms. The number of rotatable bonds is 4. The van der Waals surface area contributed by atoms with Crippen LogP contribution in [0.2, 0.25) is 0 Å². The van der Waals surface area contributed by atoms with E-state index in [9.17, 15) is 0 Å². The van der Waals surface area contributed by atoms with Crippen molar-refractivity contribution in [2.75, 3.05) is 18.5 Å². The number of benzene rings is 1. The number of hydrogen-bond acceptors (Lipinski definition) is 4. The molecule has 0 saturated heterocycles. The van der Waals surface area contributed by atoms with Crippen molar-refractivity contribution >= 4 is 21.6 Å². The molecule has 1 aliphatic rings. The van der Waals surface area contributed by atoms with Crippen LogP contribution in [0.25, 0.3) is 0 Å². The number of halogens is 1. The normalized spacial score (nSPS) is 14.9. The molecule has 1 N–H and O–H groups in total. The molecule has 0 fully saturated rings. The molecule has 2 heterocycles. The molecule has 0 amide bonds. The van der Waals surface area contributed by atoms with Gasteiger partial charge >= 0.3 is 0 Å². The molecular weight excluding hydrogens is 322 g/mol. The Morgan fingerprint density at radius 3 is 2.70 bits per heavy atom. The van der Waals surface area contributed by atoms with E-state index in [1.165, 1.54) is 0 Å². The first-order valence-electron chi connectivity index (χ1n) is 6.60. The average Bonchev–Trinajstić information content (AvgIpc) is 2.92. The predicted octanol–water partition coefficient (Wildman–Crippen LogP) is 3.86.